The number of carbonyl (C=O) groups excluding carboxylic acids is 4. The highest BCUT2D eigenvalue weighted by molar-refractivity contribution is 5.97. The zero-order chi connectivity index (χ0) is 55.2. The van der Waals surface area contributed by atoms with E-state index >= 15 is 4.79 Å². The van der Waals surface area contributed by atoms with Crippen molar-refractivity contribution in [3.8, 4) is 28.1 Å². The fourth-order valence-electron chi connectivity index (χ4n) is 12.3. The summed E-state index contributed by atoms with van der Waals surface area (Å²) in [6.45, 7) is 19.5. The quantitative estimate of drug-likeness (QED) is 0.0722. The molecule has 10 rings (SSSR count). The monoisotopic (exact) mass is 1060 g/mol. The number of benzene rings is 3. The van der Waals surface area contributed by atoms with Crippen LogP contribution < -0.4 is 15.6 Å². The number of cyclic esters (lactones) is 1. The summed E-state index contributed by atoms with van der Waals surface area (Å²) in [6.07, 6.45) is 3.63. The Bertz CT molecular complexity index is 3060. The van der Waals surface area contributed by atoms with Crippen molar-refractivity contribution in [2.24, 2.45) is 23.2 Å². The number of β-amino-alcohol motifs (C(OH)–C–C–N with tert-alkyl or cyclic N) is 1. The van der Waals surface area contributed by atoms with Gasteiger partial charge < -0.3 is 44.1 Å². The van der Waals surface area contributed by atoms with E-state index in [2.05, 4.69) is 70.7 Å². The average molecular weight is 1070 g/mol. The Hall–Kier alpha value is -6.63. The lowest BCUT2D eigenvalue weighted by atomic mass is 9.84. The second-order valence-corrected chi connectivity index (χ2v) is 22.9. The third-order valence-corrected chi connectivity index (χ3v) is 17.0. The number of phenolic OH excluding ortho intramolecular Hbond substituents is 1. The number of piperazine rings is 1. The Kier molecular flexibility index (Phi) is 15.9. The topological polar surface area (TPSA) is 191 Å². The minimum absolute atomic E-state index is 0.0161. The number of amides is 3. The van der Waals surface area contributed by atoms with Crippen molar-refractivity contribution in [1.82, 2.24) is 35.1 Å². The molecule has 3 saturated heterocycles. The lowest BCUT2D eigenvalue weighted by molar-refractivity contribution is -0.164. The van der Waals surface area contributed by atoms with Gasteiger partial charge in [-0.3, -0.25) is 34.1 Å². The molecule has 4 fully saturated rings. The number of hydrogen-bond donors (Lipinski definition) is 4. The number of aliphatic hydroxyl groups excluding tert-OH is 1. The number of carbonyl (C=O) groups is 4. The predicted molar refractivity (Wildman–Crippen MR) is 298 cm³/mol. The zero-order valence-electron chi connectivity index (χ0n) is 46.1. The van der Waals surface area contributed by atoms with Crippen molar-refractivity contribution in [2.75, 3.05) is 78.1 Å². The lowest BCUT2D eigenvalue weighted by Gasteiger charge is -2.41. The number of methoxy groups -OCH3 is 1. The summed E-state index contributed by atoms with van der Waals surface area (Å²) in [6, 6.07) is 20.4. The molecule has 1 saturated carbocycles. The van der Waals surface area contributed by atoms with E-state index in [-0.39, 0.29) is 55.1 Å². The maximum Gasteiger partial charge on any atom is 0.325 e. The van der Waals surface area contributed by atoms with E-state index in [1.54, 1.807) is 39.3 Å². The molecule has 4 N–H and O–H groups in total. The highest BCUT2D eigenvalue weighted by Crippen LogP contribution is 2.46. The predicted octanol–water partition coefficient (Wildman–Crippen LogP) is 6.25. The van der Waals surface area contributed by atoms with E-state index in [1.807, 2.05) is 55.6 Å². The average Bonchev–Trinajstić information content (AvgIpc) is 4.16. The smallest absolute Gasteiger partial charge is 0.325 e. The van der Waals surface area contributed by atoms with Crippen LogP contribution in [0.15, 0.2) is 91.6 Å². The van der Waals surface area contributed by atoms with Gasteiger partial charge in [0.25, 0.3) is 11.8 Å². The molecule has 17 nitrogen and oxygen atoms in total. The van der Waals surface area contributed by atoms with Crippen LogP contribution in [0.2, 0.25) is 0 Å². The van der Waals surface area contributed by atoms with Gasteiger partial charge in [0.15, 0.2) is 0 Å². The molecule has 6 bridgehead atoms. The summed E-state index contributed by atoms with van der Waals surface area (Å²) in [4.78, 5) is 69.9. The van der Waals surface area contributed by atoms with Crippen LogP contribution in [0, 0.1) is 23.2 Å². The van der Waals surface area contributed by atoms with Gasteiger partial charge in [0.2, 0.25) is 5.91 Å². The Morgan fingerprint density at radius 2 is 1.81 bits per heavy atom. The molecular formula is C61H76N8O9. The molecule has 3 aromatic carbocycles. The summed E-state index contributed by atoms with van der Waals surface area (Å²) in [5, 5.41) is 26.7. The molecular weight excluding hydrogens is 989 g/mol. The van der Waals surface area contributed by atoms with E-state index in [4.69, 9.17) is 19.2 Å². The van der Waals surface area contributed by atoms with Crippen LogP contribution in [0.3, 0.4) is 0 Å². The number of aryl methyl sites for hydroxylation is 1. The number of aromatic hydroxyl groups is 1. The number of ether oxygens (including phenoxy) is 3. The van der Waals surface area contributed by atoms with Crippen LogP contribution >= 0.6 is 0 Å². The number of phenols is 1. The van der Waals surface area contributed by atoms with Crippen LogP contribution in [0.1, 0.15) is 75.4 Å². The van der Waals surface area contributed by atoms with E-state index in [0.29, 0.717) is 43.8 Å². The number of rotatable bonds is 14. The first-order valence-corrected chi connectivity index (χ1v) is 27.7. The van der Waals surface area contributed by atoms with E-state index in [0.717, 1.165) is 82.8 Å². The van der Waals surface area contributed by atoms with Crippen molar-refractivity contribution in [1.29, 1.82) is 0 Å². The highest BCUT2D eigenvalue weighted by atomic mass is 16.5. The molecule has 78 heavy (non-hydrogen) atoms. The Labute approximate surface area is 457 Å². The Morgan fingerprint density at radius 1 is 1.04 bits per heavy atom. The number of anilines is 1. The van der Waals surface area contributed by atoms with Crippen LogP contribution in [0.25, 0.3) is 33.3 Å². The number of esters is 1. The first-order chi connectivity index (χ1) is 37.5. The molecule has 6 heterocycles. The number of hydrazine groups is 1. The Morgan fingerprint density at radius 3 is 2.50 bits per heavy atom. The standard InChI is InChI=1S/C61H76N8O9/c1-9-36(3)54(65(7)59(74)56-49(34-77-56)39-14-12-11-13-15-39)57(72)63-50-26-38-24-41(27-44(71)25-38)40-16-17-51-46(28-40)48(31-61(5,6)35-78-60(75)53-45-29-42(45)33-69(64-53)58(50)73)55(68(51)10-2)47-30-43(32-62-52(47)37(4)76-8)67-20-18-66(19-21-67)22-23-70/h9,11-17,24-25,27-28,30,32,36-37,42,45,49-50,53-54,56,64,70-71H,1,10,18-23,26,29,31,33-35H2,2-8H3,(H,63,72)/t36-,37+,42?,45+,49-,50+,53+,54+,56-/m1/s1. The van der Waals surface area contributed by atoms with Gasteiger partial charge in [-0.15, -0.1) is 6.58 Å². The van der Waals surface area contributed by atoms with Gasteiger partial charge >= 0.3 is 5.97 Å². The number of fused-ring (bicyclic) bond motifs is 8. The molecule has 9 atom stereocenters. The van der Waals surface area contributed by atoms with E-state index in [1.165, 1.54) is 9.91 Å². The molecule has 17 heteroatoms. The minimum Gasteiger partial charge on any atom is -0.508 e. The van der Waals surface area contributed by atoms with E-state index < -0.39 is 53.3 Å². The second-order valence-electron chi connectivity index (χ2n) is 22.9. The van der Waals surface area contributed by atoms with Crippen LogP contribution in [0.5, 0.6) is 5.75 Å². The molecule has 4 aliphatic heterocycles. The molecule has 5 aliphatic rings. The van der Waals surface area contributed by atoms with Crippen molar-refractivity contribution in [2.45, 2.75) is 96.7 Å². The maximum atomic E-state index is 15.1. The van der Waals surface area contributed by atoms with Gasteiger partial charge in [-0.05, 0) is 96.7 Å². The fraction of sp³-hybridized carbons (Fsp3) is 0.492. The number of nitrogens with zero attached hydrogens (tertiary/aromatic N) is 6. The molecule has 414 valence electrons. The number of pyridine rings is 1. The lowest BCUT2D eigenvalue weighted by Crippen LogP contribution is -2.63. The molecule has 1 unspecified atom stereocenters. The van der Waals surface area contributed by atoms with Crippen molar-refractivity contribution >= 4 is 40.3 Å². The Balaban J connectivity index is 1.05. The summed E-state index contributed by atoms with van der Waals surface area (Å²) < 4.78 is 20.5. The van der Waals surface area contributed by atoms with Gasteiger partial charge in [-0.2, -0.15) is 0 Å². The fourth-order valence-corrected chi connectivity index (χ4v) is 12.3. The third-order valence-electron chi connectivity index (χ3n) is 17.0. The number of nitrogens with one attached hydrogen (secondary N) is 2. The SMILES string of the molecule is C=C[C@@H](C)[C@@H](C(=O)N[C@H]1Cc2cc(O)cc(c2)-c2ccc3c(c2)c(c(-c2cc(N4CCN(CCO)CC4)cnc2[C@H](C)OC)n3CC)CC(C)(C)COC(=O)[C@H]2NN(CC3C[C@@H]32)C1=O)N(C)C(=O)[C@@H]1OC[C@@H]1c1ccccc1. The first kappa shape index (κ1) is 54.7. The van der Waals surface area contributed by atoms with Crippen molar-refractivity contribution in [3.63, 3.8) is 0 Å². The molecule has 2 aromatic heterocycles. The van der Waals surface area contributed by atoms with Gasteiger partial charge in [-0.1, -0.05) is 69.3 Å². The minimum atomic E-state index is -1.20. The van der Waals surface area contributed by atoms with Gasteiger partial charge in [0.1, 0.15) is 30.0 Å². The van der Waals surface area contributed by atoms with Gasteiger partial charge in [0, 0.05) is 100 Å². The van der Waals surface area contributed by atoms with Crippen LogP contribution in [-0.4, -0.2) is 156 Å². The normalized spacial score (nSPS) is 24.5. The van der Waals surface area contributed by atoms with Crippen LogP contribution in [0.4, 0.5) is 5.69 Å². The van der Waals surface area contributed by atoms with Crippen molar-refractivity contribution in [3.05, 3.63) is 114 Å². The molecule has 0 spiro atoms. The molecule has 5 aromatic rings. The third kappa shape index (κ3) is 10.9. The number of likely N-dealkylation sites (N-methyl/N-ethyl adjacent to an activating group) is 1. The largest absolute Gasteiger partial charge is 0.508 e. The van der Waals surface area contributed by atoms with Crippen molar-refractivity contribution < 1.29 is 43.6 Å². The number of aliphatic hydroxyl groups is 1. The summed E-state index contributed by atoms with van der Waals surface area (Å²) in [5.41, 5.74) is 11.5. The van der Waals surface area contributed by atoms with Gasteiger partial charge in [-0.25, -0.2) is 5.43 Å². The first-order valence-electron chi connectivity index (χ1n) is 27.7. The summed E-state index contributed by atoms with van der Waals surface area (Å²) in [5.74, 6) is -2.56. The zero-order valence-corrected chi connectivity index (χ0v) is 46.1. The highest BCUT2D eigenvalue weighted by Gasteiger charge is 2.53. The summed E-state index contributed by atoms with van der Waals surface area (Å²) in [7, 11) is 3.27. The van der Waals surface area contributed by atoms with Crippen LogP contribution in [-0.2, 0) is 52.8 Å². The molecule has 3 amide bonds. The molecule has 1 aliphatic carbocycles. The van der Waals surface area contributed by atoms with E-state index in [9.17, 15) is 24.6 Å². The number of aromatic nitrogens is 2. The summed E-state index contributed by atoms with van der Waals surface area (Å²) >= 11 is 0. The van der Waals surface area contributed by atoms with Gasteiger partial charge in [0.05, 0.1) is 49.2 Å². The second kappa shape index (κ2) is 22.6. The molecule has 0 radical (unpaired) electrons. The number of hydrogen-bond acceptors (Lipinski definition) is 13. The maximum absolute atomic E-state index is 15.1.